The van der Waals surface area contributed by atoms with Crippen LogP contribution in [0.4, 0.5) is 5.69 Å². The topological polar surface area (TPSA) is 124 Å². The van der Waals surface area contributed by atoms with Gasteiger partial charge in [0.15, 0.2) is 0 Å². The van der Waals surface area contributed by atoms with Gasteiger partial charge in [0.2, 0.25) is 0 Å². The van der Waals surface area contributed by atoms with Gasteiger partial charge in [0.05, 0.1) is 10.5 Å². The molecule has 8 nitrogen and oxygen atoms in total. The largest absolute Gasteiger partial charge is 0.481 e. The molecular weight excluding hydrogens is 460 g/mol. The Bertz CT molecular complexity index is 945. The molecule has 27 heavy (non-hydrogen) atoms. The van der Waals surface area contributed by atoms with Gasteiger partial charge in [0.1, 0.15) is 10.4 Å². The van der Waals surface area contributed by atoms with E-state index >= 15 is 0 Å². The zero-order chi connectivity index (χ0) is 19.9. The SMILES string of the molecule is O=C(O)CCC(C(=O)O)N1C(=O)/C(=C2/C(=O)Nc3ccc(Br)cc32)SC1=S. The molecule has 1 fully saturated rings. The number of halogens is 1. The van der Waals surface area contributed by atoms with Crippen molar-refractivity contribution < 1.29 is 29.4 Å². The fourth-order valence-electron chi connectivity index (χ4n) is 2.79. The second kappa shape index (κ2) is 7.41. The molecule has 3 N–H and O–H groups in total. The number of benzene rings is 1. The number of thiocarbonyl (C=S) groups is 1. The van der Waals surface area contributed by atoms with E-state index in [1.807, 2.05) is 0 Å². The summed E-state index contributed by atoms with van der Waals surface area (Å²) in [5, 5.41) is 20.9. The van der Waals surface area contributed by atoms with Gasteiger partial charge in [-0.2, -0.15) is 0 Å². The van der Waals surface area contributed by atoms with Crippen LogP contribution in [0, 0.1) is 0 Å². The van der Waals surface area contributed by atoms with Crippen LogP contribution in [0.15, 0.2) is 27.6 Å². The molecule has 1 aromatic carbocycles. The number of carboxylic acid groups (broad SMARTS) is 2. The number of aliphatic carboxylic acids is 2. The summed E-state index contributed by atoms with van der Waals surface area (Å²) in [6.07, 6.45) is -0.732. The van der Waals surface area contributed by atoms with Gasteiger partial charge in [0, 0.05) is 22.1 Å². The van der Waals surface area contributed by atoms with Crippen LogP contribution in [0.5, 0.6) is 0 Å². The molecule has 0 spiro atoms. The third-order valence-electron chi connectivity index (χ3n) is 3.98. The number of carbonyl (C=O) groups excluding carboxylic acids is 2. The van der Waals surface area contributed by atoms with Gasteiger partial charge in [-0.05, 0) is 24.6 Å². The summed E-state index contributed by atoms with van der Waals surface area (Å²) in [6, 6.07) is 3.67. The van der Waals surface area contributed by atoms with Gasteiger partial charge in [-0.3, -0.25) is 19.3 Å². The standard InChI is InChI=1S/C16H11BrN2O6S2/c17-6-1-2-8-7(5-6)11(13(22)18-8)12-14(23)19(16(26)27-12)9(15(24)25)3-4-10(20)21/h1-2,5,9H,3-4H2,(H,18,22)(H,20,21)(H,24,25)/b12-11-. The molecule has 2 amide bonds. The van der Waals surface area contributed by atoms with Crippen molar-refractivity contribution in [1.82, 2.24) is 4.90 Å². The number of amides is 2. The van der Waals surface area contributed by atoms with Crippen molar-refractivity contribution in [2.75, 3.05) is 5.32 Å². The highest BCUT2D eigenvalue weighted by Crippen LogP contribution is 2.43. The van der Waals surface area contributed by atoms with Crippen molar-refractivity contribution in [3.05, 3.63) is 33.1 Å². The number of nitrogens with one attached hydrogen (secondary N) is 1. The number of rotatable bonds is 5. The monoisotopic (exact) mass is 470 g/mol. The smallest absolute Gasteiger partial charge is 0.326 e. The van der Waals surface area contributed by atoms with Gasteiger partial charge in [-0.25, -0.2) is 4.79 Å². The fraction of sp³-hybridized carbons (Fsp3) is 0.188. The molecule has 11 heteroatoms. The van der Waals surface area contributed by atoms with E-state index in [2.05, 4.69) is 21.2 Å². The van der Waals surface area contributed by atoms with Crippen LogP contribution >= 0.6 is 39.9 Å². The highest BCUT2D eigenvalue weighted by Gasteiger charge is 2.44. The zero-order valence-corrected chi connectivity index (χ0v) is 16.6. The summed E-state index contributed by atoms with van der Waals surface area (Å²) in [5.74, 6) is -3.75. The normalized spacial score (nSPS) is 19.9. The first-order chi connectivity index (χ1) is 12.7. The molecule has 1 atom stereocenters. The predicted octanol–water partition coefficient (Wildman–Crippen LogP) is 2.29. The fourth-order valence-corrected chi connectivity index (χ4v) is 4.58. The lowest BCUT2D eigenvalue weighted by Gasteiger charge is -2.22. The van der Waals surface area contributed by atoms with Crippen molar-refractivity contribution in [3.63, 3.8) is 0 Å². The van der Waals surface area contributed by atoms with E-state index < -0.39 is 36.2 Å². The zero-order valence-electron chi connectivity index (χ0n) is 13.4. The van der Waals surface area contributed by atoms with Gasteiger partial charge >= 0.3 is 11.9 Å². The summed E-state index contributed by atoms with van der Waals surface area (Å²) in [6.45, 7) is 0. The van der Waals surface area contributed by atoms with E-state index in [9.17, 15) is 24.3 Å². The van der Waals surface area contributed by atoms with Crippen molar-refractivity contribution in [1.29, 1.82) is 0 Å². The number of nitrogens with zero attached hydrogens (tertiary/aromatic N) is 1. The van der Waals surface area contributed by atoms with Crippen LogP contribution < -0.4 is 5.32 Å². The number of carbonyl (C=O) groups is 4. The number of hydrogen-bond acceptors (Lipinski definition) is 6. The van der Waals surface area contributed by atoms with Crippen LogP contribution in [0.1, 0.15) is 18.4 Å². The Hall–Kier alpha value is -2.24. The molecule has 2 aliphatic heterocycles. The second-order valence-corrected chi connectivity index (χ2v) is 8.24. The Labute approximate surface area is 170 Å². The number of hydrogen-bond donors (Lipinski definition) is 3. The second-order valence-electron chi connectivity index (χ2n) is 5.68. The van der Waals surface area contributed by atoms with E-state index in [0.29, 0.717) is 15.7 Å². The molecule has 1 saturated heterocycles. The molecule has 0 saturated carbocycles. The maximum absolute atomic E-state index is 12.9. The van der Waals surface area contributed by atoms with Crippen LogP contribution in [-0.4, -0.2) is 49.2 Å². The first-order valence-corrected chi connectivity index (χ1v) is 9.58. The van der Waals surface area contributed by atoms with E-state index in [1.165, 1.54) is 0 Å². The van der Waals surface area contributed by atoms with Gasteiger partial charge in [-0.1, -0.05) is 39.9 Å². The summed E-state index contributed by atoms with van der Waals surface area (Å²) in [5.41, 5.74) is 1.16. The summed E-state index contributed by atoms with van der Waals surface area (Å²) < 4.78 is 0.673. The Morgan fingerprint density at radius 3 is 2.63 bits per heavy atom. The molecule has 2 heterocycles. The molecule has 0 aromatic heterocycles. The first-order valence-electron chi connectivity index (χ1n) is 7.56. The highest BCUT2D eigenvalue weighted by molar-refractivity contribution is 9.10. The molecule has 0 bridgehead atoms. The third kappa shape index (κ3) is 3.62. The molecule has 2 aliphatic rings. The molecule has 1 unspecified atom stereocenters. The average Bonchev–Trinajstić information content (AvgIpc) is 3.04. The molecule has 3 rings (SSSR count). The lowest BCUT2D eigenvalue weighted by atomic mass is 10.1. The predicted molar refractivity (Wildman–Crippen MR) is 105 cm³/mol. The van der Waals surface area contributed by atoms with Crippen LogP contribution in [0.25, 0.3) is 5.57 Å². The van der Waals surface area contributed by atoms with Crippen LogP contribution in [-0.2, 0) is 19.2 Å². The number of fused-ring (bicyclic) bond motifs is 1. The van der Waals surface area contributed by atoms with Crippen molar-refractivity contribution >= 4 is 79.2 Å². The highest BCUT2D eigenvalue weighted by atomic mass is 79.9. The van der Waals surface area contributed by atoms with Gasteiger partial charge in [0.25, 0.3) is 11.8 Å². The van der Waals surface area contributed by atoms with Crippen molar-refractivity contribution in [2.45, 2.75) is 18.9 Å². The Balaban J connectivity index is 2.02. The molecule has 0 aliphatic carbocycles. The maximum atomic E-state index is 12.9. The lowest BCUT2D eigenvalue weighted by Crippen LogP contribution is -2.44. The van der Waals surface area contributed by atoms with E-state index in [4.69, 9.17) is 17.3 Å². The van der Waals surface area contributed by atoms with E-state index in [1.54, 1.807) is 18.2 Å². The van der Waals surface area contributed by atoms with Crippen molar-refractivity contribution in [2.24, 2.45) is 0 Å². The van der Waals surface area contributed by atoms with E-state index in [0.717, 1.165) is 16.7 Å². The Morgan fingerprint density at radius 1 is 1.30 bits per heavy atom. The van der Waals surface area contributed by atoms with Gasteiger partial charge < -0.3 is 15.5 Å². The Kier molecular flexibility index (Phi) is 5.36. The summed E-state index contributed by atoms with van der Waals surface area (Å²) in [4.78, 5) is 48.5. The molecular formula is C16H11BrN2O6S2. The molecule has 0 radical (unpaired) electrons. The number of thioether (sulfide) groups is 1. The van der Waals surface area contributed by atoms with Crippen molar-refractivity contribution in [3.8, 4) is 0 Å². The number of anilines is 1. The minimum absolute atomic E-state index is 0.0240. The minimum Gasteiger partial charge on any atom is -0.481 e. The molecule has 140 valence electrons. The summed E-state index contributed by atoms with van der Waals surface area (Å²) >= 11 is 9.30. The quantitative estimate of drug-likeness (QED) is 0.442. The molecule has 1 aromatic rings. The third-order valence-corrected chi connectivity index (χ3v) is 5.87. The first kappa shape index (κ1) is 19.5. The Morgan fingerprint density at radius 2 is 2.00 bits per heavy atom. The van der Waals surface area contributed by atoms with E-state index in [-0.39, 0.29) is 21.2 Å². The van der Waals surface area contributed by atoms with Crippen LogP contribution in [0.2, 0.25) is 0 Å². The minimum atomic E-state index is -1.42. The van der Waals surface area contributed by atoms with Crippen LogP contribution in [0.3, 0.4) is 0 Å². The average molecular weight is 471 g/mol. The van der Waals surface area contributed by atoms with Gasteiger partial charge in [-0.15, -0.1) is 0 Å². The lowest BCUT2D eigenvalue weighted by molar-refractivity contribution is -0.146. The maximum Gasteiger partial charge on any atom is 0.326 e. The summed E-state index contributed by atoms with van der Waals surface area (Å²) in [7, 11) is 0. The number of carboxylic acids is 2.